The highest BCUT2D eigenvalue weighted by Crippen LogP contribution is 2.21. The molecule has 7 nitrogen and oxygen atoms in total. The predicted molar refractivity (Wildman–Crippen MR) is 94.2 cm³/mol. The van der Waals surface area contributed by atoms with Crippen molar-refractivity contribution in [2.24, 2.45) is 0 Å². The van der Waals surface area contributed by atoms with Crippen molar-refractivity contribution in [1.29, 1.82) is 0 Å². The molecule has 0 aliphatic heterocycles. The summed E-state index contributed by atoms with van der Waals surface area (Å²) >= 11 is 0. The highest BCUT2D eigenvalue weighted by atomic mass is 16.3. The van der Waals surface area contributed by atoms with Crippen LogP contribution in [0.1, 0.15) is 31.4 Å². The van der Waals surface area contributed by atoms with Gasteiger partial charge in [-0.15, -0.1) is 0 Å². The molecule has 4 rings (SSSR count). The van der Waals surface area contributed by atoms with Crippen LogP contribution in [-0.2, 0) is 0 Å². The fourth-order valence-corrected chi connectivity index (χ4v) is 3.07. The summed E-state index contributed by atoms with van der Waals surface area (Å²) in [6.45, 7) is 1.88. The van der Waals surface area contributed by atoms with Crippen LogP contribution in [0.5, 0.6) is 0 Å². The second-order valence-corrected chi connectivity index (χ2v) is 6.28. The van der Waals surface area contributed by atoms with Crippen molar-refractivity contribution >= 4 is 23.0 Å². The SMILES string of the molecule is Cc1ccc(-c2cnc3ccc(NC(=O)NC4CCCC4)nc3n2)o1. The number of hydrogen-bond donors (Lipinski definition) is 2. The van der Waals surface area contributed by atoms with Crippen molar-refractivity contribution in [1.82, 2.24) is 20.3 Å². The van der Waals surface area contributed by atoms with Crippen molar-refractivity contribution in [3.8, 4) is 11.5 Å². The van der Waals surface area contributed by atoms with Gasteiger partial charge in [-0.05, 0) is 44.0 Å². The van der Waals surface area contributed by atoms with Gasteiger partial charge >= 0.3 is 6.03 Å². The molecule has 128 valence electrons. The highest BCUT2D eigenvalue weighted by Gasteiger charge is 2.17. The summed E-state index contributed by atoms with van der Waals surface area (Å²) in [7, 11) is 0. The number of nitrogens with one attached hydrogen (secondary N) is 2. The van der Waals surface area contributed by atoms with Crippen LogP contribution in [0.4, 0.5) is 10.6 Å². The van der Waals surface area contributed by atoms with Gasteiger partial charge in [0.15, 0.2) is 11.4 Å². The average molecular weight is 337 g/mol. The van der Waals surface area contributed by atoms with E-state index in [-0.39, 0.29) is 12.1 Å². The summed E-state index contributed by atoms with van der Waals surface area (Å²) in [5, 5.41) is 5.75. The Morgan fingerprint density at radius 3 is 2.76 bits per heavy atom. The minimum Gasteiger partial charge on any atom is -0.460 e. The van der Waals surface area contributed by atoms with Gasteiger partial charge < -0.3 is 9.73 Å². The monoisotopic (exact) mass is 337 g/mol. The number of fused-ring (bicyclic) bond motifs is 1. The zero-order valence-electron chi connectivity index (χ0n) is 14.0. The largest absolute Gasteiger partial charge is 0.460 e. The summed E-state index contributed by atoms with van der Waals surface area (Å²) in [6, 6.07) is 7.26. The van der Waals surface area contributed by atoms with E-state index in [0.717, 1.165) is 18.6 Å². The van der Waals surface area contributed by atoms with E-state index in [1.54, 1.807) is 18.3 Å². The zero-order chi connectivity index (χ0) is 17.2. The van der Waals surface area contributed by atoms with Crippen LogP contribution in [0.15, 0.2) is 34.9 Å². The summed E-state index contributed by atoms with van der Waals surface area (Å²) in [5.41, 5.74) is 1.74. The molecule has 1 saturated carbocycles. The fourth-order valence-electron chi connectivity index (χ4n) is 3.07. The molecule has 25 heavy (non-hydrogen) atoms. The van der Waals surface area contributed by atoms with Crippen LogP contribution in [-0.4, -0.2) is 27.0 Å². The molecule has 1 aliphatic carbocycles. The van der Waals surface area contributed by atoms with Crippen LogP contribution in [0.25, 0.3) is 22.6 Å². The molecule has 7 heteroatoms. The number of pyridine rings is 1. The first-order valence-electron chi connectivity index (χ1n) is 8.45. The van der Waals surface area contributed by atoms with Gasteiger partial charge in [-0.3, -0.25) is 10.3 Å². The lowest BCUT2D eigenvalue weighted by Crippen LogP contribution is -2.36. The number of aromatic nitrogens is 3. The first kappa shape index (κ1) is 15.6. The normalized spacial score (nSPS) is 14.8. The molecule has 0 radical (unpaired) electrons. The van der Waals surface area contributed by atoms with Gasteiger partial charge in [-0.2, -0.15) is 0 Å². The van der Waals surface area contributed by atoms with Gasteiger partial charge in [-0.25, -0.2) is 14.8 Å². The summed E-state index contributed by atoms with van der Waals surface area (Å²) in [5.74, 6) is 1.90. The number of hydrogen-bond acceptors (Lipinski definition) is 5. The minimum absolute atomic E-state index is 0.232. The Balaban J connectivity index is 1.54. The molecule has 0 aromatic carbocycles. The molecular weight excluding hydrogens is 318 g/mol. The molecule has 2 amide bonds. The molecule has 0 saturated heterocycles. The molecule has 1 fully saturated rings. The molecule has 0 atom stereocenters. The molecular formula is C18H19N5O2. The van der Waals surface area contributed by atoms with E-state index in [9.17, 15) is 4.79 Å². The molecule has 0 bridgehead atoms. The van der Waals surface area contributed by atoms with Crippen molar-refractivity contribution in [3.63, 3.8) is 0 Å². The van der Waals surface area contributed by atoms with E-state index in [0.29, 0.717) is 28.4 Å². The fraction of sp³-hybridized carbons (Fsp3) is 0.333. The van der Waals surface area contributed by atoms with Crippen LogP contribution < -0.4 is 10.6 Å². The Bertz CT molecular complexity index is 915. The van der Waals surface area contributed by atoms with Crippen LogP contribution in [0.3, 0.4) is 0 Å². The molecule has 3 aromatic rings. The number of amides is 2. The van der Waals surface area contributed by atoms with Gasteiger partial charge in [-0.1, -0.05) is 12.8 Å². The number of urea groups is 1. The minimum atomic E-state index is -0.232. The Hall–Kier alpha value is -2.96. The van der Waals surface area contributed by atoms with Crippen molar-refractivity contribution in [3.05, 3.63) is 36.2 Å². The van der Waals surface area contributed by atoms with Gasteiger partial charge in [0, 0.05) is 6.04 Å². The lowest BCUT2D eigenvalue weighted by atomic mass is 10.2. The first-order chi connectivity index (χ1) is 12.2. The van der Waals surface area contributed by atoms with E-state index in [4.69, 9.17) is 4.42 Å². The second kappa shape index (κ2) is 6.51. The third-order valence-corrected chi connectivity index (χ3v) is 4.33. The molecule has 0 spiro atoms. The number of rotatable bonds is 3. The Kier molecular flexibility index (Phi) is 4.05. The number of nitrogens with zero attached hydrogens (tertiary/aromatic N) is 3. The van der Waals surface area contributed by atoms with Gasteiger partial charge in [0.05, 0.1) is 6.20 Å². The molecule has 1 aliphatic rings. The van der Waals surface area contributed by atoms with E-state index in [2.05, 4.69) is 25.6 Å². The quantitative estimate of drug-likeness (QED) is 0.761. The summed E-state index contributed by atoms with van der Waals surface area (Å²) in [4.78, 5) is 25.3. The molecule has 3 heterocycles. The molecule has 3 aromatic heterocycles. The van der Waals surface area contributed by atoms with E-state index < -0.39 is 0 Å². The number of furan rings is 1. The van der Waals surface area contributed by atoms with Gasteiger partial charge in [0.2, 0.25) is 0 Å². The summed E-state index contributed by atoms with van der Waals surface area (Å²) < 4.78 is 5.58. The standard InChI is InChI=1S/C18H19N5O2/c1-11-6-8-15(25-11)14-10-19-13-7-9-16(22-17(13)21-14)23-18(24)20-12-4-2-3-5-12/h6-10,12H,2-5H2,1H3,(H2,20,21,22,23,24). The smallest absolute Gasteiger partial charge is 0.320 e. The lowest BCUT2D eigenvalue weighted by molar-refractivity contribution is 0.248. The predicted octanol–water partition coefficient (Wildman–Crippen LogP) is 3.66. The third kappa shape index (κ3) is 3.45. The van der Waals surface area contributed by atoms with Crippen molar-refractivity contribution < 1.29 is 9.21 Å². The maximum atomic E-state index is 12.1. The zero-order valence-corrected chi connectivity index (χ0v) is 14.0. The van der Waals surface area contributed by atoms with E-state index in [1.807, 2.05) is 19.1 Å². The number of carbonyl (C=O) groups is 1. The maximum Gasteiger partial charge on any atom is 0.320 e. The summed E-state index contributed by atoms with van der Waals surface area (Å²) in [6.07, 6.45) is 6.07. The maximum absolute atomic E-state index is 12.1. The Labute approximate surface area is 144 Å². The van der Waals surface area contributed by atoms with Crippen LogP contribution in [0, 0.1) is 6.92 Å². The third-order valence-electron chi connectivity index (χ3n) is 4.33. The molecule has 0 unspecified atom stereocenters. The highest BCUT2D eigenvalue weighted by molar-refractivity contribution is 5.89. The topological polar surface area (TPSA) is 92.9 Å². The van der Waals surface area contributed by atoms with Gasteiger partial charge in [0.25, 0.3) is 0 Å². The van der Waals surface area contributed by atoms with E-state index >= 15 is 0 Å². The number of aryl methyl sites for hydroxylation is 1. The lowest BCUT2D eigenvalue weighted by Gasteiger charge is -2.12. The van der Waals surface area contributed by atoms with Crippen LogP contribution in [0.2, 0.25) is 0 Å². The van der Waals surface area contributed by atoms with Gasteiger partial charge in [0.1, 0.15) is 22.8 Å². The van der Waals surface area contributed by atoms with Crippen molar-refractivity contribution in [2.45, 2.75) is 38.6 Å². The van der Waals surface area contributed by atoms with Crippen molar-refractivity contribution in [2.75, 3.05) is 5.32 Å². The number of anilines is 1. The Morgan fingerprint density at radius 1 is 1.16 bits per heavy atom. The number of carbonyl (C=O) groups excluding carboxylic acids is 1. The van der Waals surface area contributed by atoms with E-state index in [1.165, 1.54) is 12.8 Å². The average Bonchev–Trinajstić information content (AvgIpc) is 3.26. The second-order valence-electron chi connectivity index (χ2n) is 6.28. The Morgan fingerprint density at radius 2 is 2.00 bits per heavy atom. The first-order valence-corrected chi connectivity index (χ1v) is 8.45. The van der Waals surface area contributed by atoms with Crippen LogP contribution >= 0.6 is 0 Å². The molecule has 2 N–H and O–H groups in total.